The van der Waals surface area contributed by atoms with Crippen LogP contribution in [-0.4, -0.2) is 23.3 Å². The number of para-hydroxylation sites is 1. The Hall–Kier alpha value is -0.840. The van der Waals surface area contributed by atoms with E-state index in [-0.39, 0.29) is 35.3 Å². The first-order chi connectivity index (χ1) is 6.61. The van der Waals surface area contributed by atoms with Crippen LogP contribution in [0.15, 0.2) is 29.3 Å². The molecule has 4 nitrogen and oxygen atoms in total. The number of hydrogen-bond acceptors (Lipinski definition) is 3. The maximum Gasteiger partial charge on any atom is 1.00 e. The number of carboxylic acid groups (broad SMARTS) is 1. The van der Waals surface area contributed by atoms with Crippen LogP contribution in [0.2, 0.25) is 0 Å². The first-order valence-corrected chi connectivity index (χ1v) is 4.13. The van der Waals surface area contributed by atoms with Crippen molar-refractivity contribution in [1.29, 1.82) is 0 Å². The molecule has 0 aliphatic heterocycles. The predicted octanol–water partition coefficient (Wildman–Crippen LogP) is -2.34. The van der Waals surface area contributed by atoms with Gasteiger partial charge >= 0.3 is 35.5 Å². The van der Waals surface area contributed by atoms with E-state index < -0.39 is 12.0 Å². The molecule has 74 valence electrons. The van der Waals surface area contributed by atoms with Gasteiger partial charge in [0.05, 0.1) is 0 Å². The molecule has 1 aromatic carbocycles. The summed E-state index contributed by atoms with van der Waals surface area (Å²) in [6.45, 7) is 1.45. The first-order valence-electron chi connectivity index (χ1n) is 4.13. The Morgan fingerprint density at radius 2 is 2.13 bits per heavy atom. The van der Waals surface area contributed by atoms with E-state index in [0.717, 1.165) is 0 Å². The van der Waals surface area contributed by atoms with Gasteiger partial charge < -0.3 is 10.2 Å². The zero-order valence-electron chi connectivity index (χ0n) is 8.68. The molecule has 0 aliphatic rings. The second kappa shape index (κ2) is 6.61. The number of aliphatic carboxylic acids is 1. The molecule has 1 aromatic rings. The quantitative estimate of drug-likeness (QED) is 0.453. The number of hydrogen-bond donors (Lipinski definition) is 1. The number of rotatable bonds is 3. The fourth-order valence-electron chi connectivity index (χ4n) is 0.843. The number of nitrogens with zero attached hydrogens (tertiary/aromatic N) is 1. The summed E-state index contributed by atoms with van der Waals surface area (Å²) in [5, 5.41) is 19.7. The number of carboxylic acids is 1. The van der Waals surface area contributed by atoms with Gasteiger partial charge in [0, 0.05) is 6.21 Å². The van der Waals surface area contributed by atoms with Crippen molar-refractivity contribution in [1.82, 2.24) is 0 Å². The average Bonchev–Trinajstić information content (AvgIpc) is 2.16. The van der Waals surface area contributed by atoms with Crippen molar-refractivity contribution in [2.75, 3.05) is 0 Å². The van der Waals surface area contributed by atoms with Gasteiger partial charge in [-0.05, 0) is 12.5 Å². The van der Waals surface area contributed by atoms with Crippen molar-refractivity contribution in [3.8, 4) is 5.75 Å². The molecule has 1 atom stereocenters. The number of benzene rings is 1. The Bertz CT molecular complexity index is 365. The zero-order valence-corrected chi connectivity index (χ0v) is 10.7. The smallest absolute Gasteiger partial charge is 0.872 e. The summed E-state index contributed by atoms with van der Waals surface area (Å²) in [6, 6.07) is 5.51. The zero-order chi connectivity index (χ0) is 10.6. The molecular formula is C10H10NNaO3. The molecule has 0 aromatic heterocycles. The predicted molar refractivity (Wildman–Crippen MR) is 50.6 cm³/mol. The fraction of sp³-hybridized carbons (Fsp3) is 0.200. The Balaban J connectivity index is 0.00000196. The van der Waals surface area contributed by atoms with E-state index in [9.17, 15) is 9.90 Å². The fourth-order valence-corrected chi connectivity index (χ4v) is 0.843. The number of aliphatic imine (C=N–C) groups is 1. The van der Waals surface area contributed by atoms with Crippen molar-refractivity contribution in [2.24, 2.45) is 4.99 Å². The normalized spacial score (nSPS) is 12.1. The molecule has 0 fully saturated rings. The second-order valence-corrected chi connectivity index (χ2v) is 2.83. The Labute approximate surface area is 110 Å². The molecule has 0 unspecified atom stereocenters. The van der Waals surface area contributed by atoms with Gasteiger partial charge in [0.2, 0.25) is 0 Å². The van der Waals surface area contributed by atoms with Gasteiger partial charge in [-0.25, -0.2) is 4.79 Å². The molecule has 1 N–H and O–H groups in total. The van der Waals surface area contributed by atoms with Crippen LogP contribution in [0.5, 0.6) is 5.75 Å². The molecule has 1 rings (SSSR count). The first kappa shape index (κ1) is 14.2. The third kappa shape index (κ3) is 4.46. The summed E-state index contributed by atoms with van der Waals surface area (Å²) in [5.41, 5.74) is 0.403. The molecule has 0 aliphatic carbocycles. The van der Waals surface area contributed by atoms with Crippen LogP contribution >= 0.6 is 0 Å². The third-order valence-corrected chi connectivity index (χ3v) is 1.71. The maximum atomic E-state index is 11.2. The summed E-state index contributed by atoms with van der Waals surface area (Å²) in [5.74, 6) is -1.17. The van der Waals surface area contributed by atoms with Crippen LogP contribution in [0.4, 0.5) is 0 Å². The summed E-state index contributed by atoms with van der Waals surface area (Å²) in [4.78, 5) is 14.1. The molecule has 0 bridgehead atoms. The Morgan fingerprint density at radius 1 is 1.53 bits per heavy atom. The Kier molecular flexibility index (Phi) is 6.24. The van der Waals surface area contributed by atoms with Crippen LogP contribution in [-0.2, 0) is 4.79 Å². The van der Waals surface area contributed by atoms with E-state index in [1.54, 1.807) is 18.2 Å². The van der Waals surface area contributed by atoms with Crippen LogP contribution in [0.1, 0.15) is 12.5 Å². The van der Waals surface area contributed by atoms with Crippen LogP contribution < -0.4 is 34.7 Å². The molecule has 0 spiro atoms. The van der Waals surface area contributed by atoms with Gasteiger partial charge in [0.1, 0.15) is 6.04 Å². The molecule has 0 saturated carbocycles. The van der Waals surface area contributed by atoms with Gasteiger partial charge in [-0.1, -0.05) is 24.3 Å². The SMILES string of the molecule is C[C@H](N=Cc1ccccc1[O-])C(=O)O.[Na+]. The maximum absolute atomic E-state index is 11.2. The molecule has 0 saturated heterocycles. The van der Waals surface area contributed by atoms with Gasteiger partial charge in [0.25, 0.3) is 0 Å². The summed E-state index contributed by atoms with van der Waals surface area (Å²) < 4.78 is 0. The molecule has 0 radical (unpaired) electrons. The molecule has 15 heavy (non-hydrogen) atoms. The molecule has 5 heteroatoms. The van der Waals surface area contributed by atoms with E-state index in [4.69, 9.17) is 5.11 Å². The molecule has 0 heterocycles. The van der Waals surface area contributed by atoms with Crippen molar-refractivity contribution < 1.29 is 44.6 Å². The van der Waals surface area contributed by atoms with Crippen LogP contribution in [0.3, 0.4) is 0 Å². The largest absolute Gasteiger partial charge is 1.00 e. The monoisotopic (exact) mass is 215 g/mol. The van der Waals surface area contributed by atoms with E-state index in [1.165, 1.54) is 19.2 Å². The summed E-state index contributed by atoms with van der Waals surface area (Å²) in [7, 11) is 0. The number of carbonyl (C=O) groups is 1. The topological polar surface area (TPSA) is 72.7 Å². The molecular weight excluding hydrogens is 205 g/mol. The van der Waals surface area contributed by atoms with Gasteiger partial charge in [-0.2, -0.15) is 0 Å². The van der Waals surface area contributed by atoms with Crippen molar-refractivity contribution in [3.05, 3.63) is 29.8 Å². The Morgan fingerprint density at radius 3 is 2.67 bits per heavy atom. The summed E-state index contributed by atoms with van der Waals surface area (Å²) in [6.07, 6.45) is 1.29. The van der Waals surface area contributed by atoms with Crippen LogP contribution in [0, 0.1) is 0 Å². The second-order valence-electron chi connectivity index (χ2n) is 2.83. The van der Waals surface area contributed by atoms with E-state index in [2.05, 4.69) is 4.99 Å². The third-order valence-electron chi connectivity index (χ3n) is 1.71. The van der Waals surface area contributed by atoms with Crippen molar-refractivity contribution >= 4 is 12.2 Å². The van der Waals surface area contributed by atoms with E-state index in [0.29, 0.717) is 5.56 Å². The minimum Gasteiger partial charge on any atom is -0.872 e. The van der Waals surface area contributed by atoms with Gasteiger partial charge in [0.15, 0.2) is 0 Å². The standard InChI is InChI=1S/C10H11NO3.Na/c1-7(10(13)14)11-6-8-4-2-3-5-9(8)12;/h2-7,12H,1H3,(H,13,14);/q;+1/p-1/t7-;/m0./s1. The summed E-state index contributed by atoms with van der Waals surface area (Å²) >= 11 is 0. The average molecular weight is 215 g/mol. The minimum absolute atomic E-state index is 0. The minimum atomic E-state index is -1.01. The van der Waals surface area contributed by atoms with Crippen molar-refractivity contribution in [3.63, 3.8) is 0 Å². The van der Waals surface area contributed by atoms with E-state index >= 15 is 0 Å². The molecule has 0 amide bonds. The van der Waals surface area contributed by atoms with Gasteiger partial charge in [-0.3, -0.25) is 4.99 Å². The van der Waals surface area contributed by atoms with Gasteiger partial charge in [-0.15, -0.1) is 5.75 Å². The van der Waals surface area contributed by atoms with E-state index in [1.807, 2.05) is 0 Å². The van der Waals surface area contributed by atoms with Crippen LogP contribution in [0.25, 0.3) is 0 Å². The van der Waals surface area contributed by atoms with Crippen molar-refractivity contribution in [2.45, 2.75) is 13.0 Å².